The van der Waals surface area contributed by atoms with Gasteiger partial charge in [0.1, 0.15) is 0 Å². The summed E-state index contributed by atoms with van der Waals surface area (Å²) < 4.78 is 5.26. The van der Waals surface area contributed by atoms with E-state index in [9.17, 15) is 5.11 Å². The summed E-state index contributed by atoms with van der Waals surface area (Å²) in [4.78, 5) is 0. The number of hydrogen-bond donors (Lipinski definition) is 2. The molecule has 1 aromatic carbocycles. The highest BCUT2D eigenvalue weighted by atomic mass is 16.5. The van der Waals surface area contributed by atoms with Gasteiger partial charge < -0.3 is 15.2 Å². The first-order valence-electron chi connectivity index (χ1n) is 6.73. The number of aliphatic hydroxyl groups excluding tert-OH is 1. The van der Waals surface area contributed by atoms with Crippen LogP contribution < -0.4 is 5.32 Å². The maximum atomic E-state index is 9.50. The summed E-state index contributed by atoms with van der Waals surface area (Å²) in [6, 6.07) is 10.8. The van der Waals surface area contributed by atoms with Gasteiger partial charge in [-0.2, -0.15) is 0 Å². The van der Waals surface area contributed by atoms with Crippen LogP contribution in [0.1, 0.15) is 18.4 Å². The predicted octanol–water partition coefficient (Wildman–Crippen LogP) is 1.60. The molecule has 0 aliphatic heterocycles. The summed E-state index contributed by atoms with van der Waals surface area (Å²) in [5, 5.41) is 13.0. The van der Waals surface area contributed by atoms with Crippen molar-refractivity contribution in [2.24, 2.45) is 5.92 Å². The van der Waals surface area contributed by atoms with Crippen LogP contribution in [0, 0.1) is 5.92 Å². The zero-order valence-corrected chi connectivity index (χ0v) is 11.0. The maximum absolute atomic E-state index is 9.50. The molecule has 3 heteroatoms. The molecule has 2 N–H and O–H groups in total. The van der Waals surface area contributed by atoms with E-state index in [-0.39, 0.29) is 12.6 Å². The summed E-state index contributed by atoms with van der Waals surface area (Å²) in [7, 11) is 1.74. The normalized spacial score (nSPS) is 18.6. The summed E-state index contributed by atoms with van der Waals surface area (Å²) in [5.74, 6) is 0.731. The second kappa shape index (κ2) is 6.88. The highest BCUT2D eigenvalue weighted by Crippen LogP contribution is 2.33. The van der Waals surface area contributed by atoms with Gasteiger partial charge in [-0.05, 0) is 30.7 Å². The Morgan fingerprint density at radius 3 is 2.61 bits per heavy atom. The number of benzene rings is 1. The van der Waals surface area contributed by atoms with Crippen LogP contribution in [0.3, 0.4) is 0 Å². The van der Waals surface area contributed by atoms with E-state index in [2.05, 4.69) is 17.4 Å². The monoisotopic (exact) mass is 249 g/mol. The zero-order chi connectivity index (χ0) is 12.8. The second-order valence-electron chi connectivity index (χ2n) is 5.14. The third kappa shape index (κ3) is 4.09. The van der Waals surface area contributed by atoms with Crippen molar-refractivity contribution in [1.82, 2.24) is 5.32 Å². The molecule has 1 aliphatic rings. The molecule has 1 aromatic rings. The maximum Gasteiger partial charge on any atom is 0.0618 e. The Balaban J connectivity index is 1.87. The molecule has 0 heterocycles. The van der Waals surface area contributed by atoms with E-state index in [0.29, 0.717) is 6.04 Å². The molecular formula is C15H23NO2. The molecule has 0 saturated heterocycles. The van der Waals surface area contributed by atoms with Crippen LogP contribution in [-0.4, -0.2) is 37.5 Å². The lowest BCUT2D eigenvalue weighted by Crippen LogP contribution is -2.45. The standard InChI is InChI=1S/C15H23NO2/c1-18-11-15(13-7-8-13)16-14(10-17)9-12-5-3-2-4-6-12/h2-6,13-17H,7-11H2,1H3/t14-,15?/m1/s1. The van der Waals surface area contributed by atoms with Gasteiger partial charge in [0, 0.05) is 19.2 Å². The molecule has 0 spiro atoms. The Bertz CT molecular complexity index is 338. The summed E-state index contributed by atoms with van der Waals surface area (Å²) in [6.07, 6.45) is 3.43. The average Bonchev–Trinajstić information content (AvgIpc) is 3.22. The summed E-state index contributed by atoms with van der Waals surface area (Å²) in [5.41, 5.74) is 1.26. The minimum Gasteiger partial charge on any atom is -0.395 e. The fourth-order valence-electron chi connectivity index (χ4n) is 2.38. The molecule has 0 radical (unpaired) electrons. The van der Waals surface area contributed by atoms with Gasteiger partial charge in [-0.3, -0.25) is 0 Å². The van der Waals surface area contributed by atoms with Gasteiger partial charge in [0.15, 0.2) is 0 Å². The van der Waals surface area contributed by atoms with Crippen LogP contribution in [0.25, 0.3) is 0 Å². The van der Waals surface area contributed by atoms with E-state index >= 15 is 0 Å². The second-order valence-corrected chi connectivity index (χ2v) is 5.14. The van der Waals surface area contributed by atoms with Crippen LogP contribution in [0.5, 0.6) is 0 Å². The summed E-state index contributed by atoms with van der Waals surface area (Å²) >= 11 is 0. The lowest BCUT2D eigenvalue weighted by molar-refractivity contribution is 0.139. The predicted molar refractivity (Wildman–Crippen MR) is 72.5 cm³/mol. The van der Waals surface area contributed by atoms with Crippen LogP contribution in [-0.2, 0) is 11.2 Å². The molecule has 1 saturated carbocycles. The van der Waals surface area contributed by atoms with Crippen molar-refractivity contribution in [3.63, 3.8) is 0 Å². The van der Waals surface area contributed by atoms with E-state index in [1.165, 1.54) is 18.4 Å². The van der Waals surface area contributed by atoms with Crippen LogP contribution in [0.4, 0.5) is 0 Å². The van der Waals surface area contributed by atoms with Crippen LogP contribution >= 0.6 is 0 Å². The molecule has 100 valence electrons. The third-order valence-electron chi connectivity index (χ3n) is 3.53. The number of nitrogens with one attached hydrogen (secondary N) is 1. The van der Waals surface area contributed by atoms with Gasteiger partial charge >= 0.3 is 0 Å². The van der Waals surface area contributed by atoms with Gasteiger partial charge in [0.2, 0.25) is 0 Å². The molecule has 0 bridgehead atoms. The third-order valence-corrected chi connectivity index (χ3v) is 3.53. The Labute approximate surface area is 109 Å². The number of aliphatic hydroxyl groups is 1. The smallest absolute Gasteiger partial charge is 0.0618 e. The van der Waals surface area contributed by atoms with Crippen molar-refractivity contribution < 1.29 is 9.84 Å². The SMILES string of the molecule is COCC(N[C@@H](CO)Cc1ccccc1)C1CC1. The summed E-state index contributed by atoms with van der Waals surface area (Å²) in [6.45, 7) is 0.901. The van der Waals surface area contributed by atoms with Crippen LogP contribution in [0.15, 0.2) is 30.3 Å². The minimum atomic E-state index is 0.119. The molecule has 1 aliphatic carbocycles. The Morgan fingerprint density at radius 1 is 1.33 bits per heavy atom. The van der Waals surface area contributed by atoms with Crippen molar-refractivity contribution in [3.8, 4) is 0 Å². The molecule has 18 heavy (non-hydrogen) atoms. The van der Waals surface area contributed by atoms with E-state index in [1.807, 2.05) is 18.2 Å². The van der Waals surface area contributed by atoms with Crippen LogP contribution in [0.2, 0.25) is 0 Å². The lowest BCUT2D eigenvalue weighted by atomic mass is 10.0. The van der Waals surface area contributed by atoms with Gasteiger partial charge in [0.05, 0.1) is 13.2 Å². The molecule has 3 nitrogen and oxygen atoms in total. The first-order chi connectivity index (χ1) is 8.83. The molecule has 1 unspecified atom stereocenters. The number of rotatable bonds is 8. The average molecular weight is 249 g/mol. The lowest BCUT2D eigenvalue weighted by Gasteiger charge is -2.24. The molecule has 2 rings (SSSR count). The van der Waals surface area contributed by atoms with Crippen molar-refractivity contribution >= 4 is 0 Å². The van der Waals surface area contributed by atoms with Gasteiger partial charge in [-0.15, -0.1) is 0 Å². The fourth-order valence-corrected chi connectivity index (χ4v) is 2.38. The molecule has 0 aromatic heterocycles. The molecule has 1 fully saturated rings. The number of hydrogen-bond acceptors (Lipinski definition) is 3. The fraction of sp³-hybridized carbons (Fsp3) is 0.600. The first kappa shape index (κ1) is 13.5. The van der Waals surface area contributed by atoms with Crippen molar-refractivity contribution in [2.45, 2.75) is 31.3 Å². The van der Waals surface area contributed by atoms with Gasteiger partial charge in [-0.1, -0.05) is 30.3 Å². The Hall–Kier alpha value is -0.900. The number of methoxy groups -OCH3 is 1. The minimum absolute atomic E-state index is 0.119. The van der Waals surface area contributed by atoms with E-state index < -0.39 is 0 Å². The number of ether oxygens (including phenoxy) is 1. The topological polar surface area (TPSA) is 41.5 Å². The van der Waals surface area contributed by atoms with Gasteiger partial charge in [0.25, 0.3) is 0 Å². The Morgan fingerprint density at radius 2 is 2.06 bits per heavy atom. The zero-order valence-electron chi connectivity index (χ0n) is 11.0. The highest BCUT2D eigenvalue weighted by Gasteiger charge is 2.32. The molecule has 0 amide bonds. The van der Waals surface area contributed by atoms with E-state index in [1.54, 1.807) is 7.11 Å². The van der Waals surface area contributed by atoms with Crippen molar-refractivity contribution in [2.75, 3.05) is 20.3 Å². The van der Waals surface area contributed by atoms with E-state index in [4.69, 9.17) is 4.74 Å². The Kier molecular flexibility index (Phi) is 5.17. The molecule has 2 atom stereocenters. The largest absolute Gasteiger partial charge is 0.395 e. The van der Waals surface area contributed by atoms with Crippen molar-refractivity contribution in [1.29, 1.82) is 0 Å². The van der Waals surface area contributed by atoms with E-state index in [0.717, 1.165) is 18.9 Å². The highest BCUT2D eigenvalue weighted by molar-refractivity contribution is 5.16. The van der Waals surface area contributed by atoms with Crippen molar-refractivity contribution in [3.05, 3.63) is 35.9 Å². The first-order valence-corrected chi connectivity index (χ1v) is 6.73. The van der Waals surface area contributed by atoms with Gasteiger partial charge in [-0.25, -0.2) is 0 Å². The molecular weight excluding hydrogens is 226 g/mol. The quantitative estimate of drug-likeness (QED) is 0.735.